The van der Waals surface area contributed by atoms with E-state index in [1.165, 1.54) is 39.0 Å². The molecule has 8 N–H and O–H groups in total. The van der Waals surface area contributed by atoms with Gasteiger partial charge in [-0.1, -0.05) is 46.3 Å². The molecule has 3 heterocycles. The summed E-state index contributed by atoms with van der Waals surface area (Å²) in [5.74, 6) is -2.20. The number of carbonyl (C=O) groups is 3. The Bertz CT molecular complexity index is 2250. The Hall–Kier alpha value is -3.59. The van der Waals surface area contributed by atoms with E-state index in [1.807, 2.05) is 20.8 Å². The number of aliphatic hydroxyl groups is 8. The second-order valence-electron chi connectivity index (χ2n) is 23.2. The van der Waals surface area contributed by atoms with E-state index < -0.39 is 135 Å². The minimum atomic E-state index is -1.78. The maximum Gasteiger partial charge on any atom is 0.338 e. The summed E-state index contributed by atoms with van der Waals surface area (Å²) in [6.45, 7) is 9.76. The van der Waals surface area contributed by atoms with Crippen LogP contribution in [0.3, 0.4) is 0 Å². The summed E-state index contributed by atoms with van der Waals surface area (Å²) in [6.07, 6.45) is -14.1. The zero-order valence-electron chi connectivity index (χ0n) is 45.6. The first-order valence-corrected chi connectivity index (χ1v) is 27.1. The van der Waals surface area contributed by atoms with Crippen molar-refractivity contribution in [1.29, 1.82) is 0 Å². The summed E-state index contributed by atoms with van der Waals surface area (Å²) < 4.78 is 65.0. The lowest BCUT2D eigenvalue weighted by Gasteiger charge is -2.59. The Kier molecular flexibility index (Phi) is 18.4. The number of hydrogen-bond acceptors (Lipinski definition) is 22. The number of methoxy groups -OCH3 is 3. The Morgan fingerprint density at radius 1 is 0.753 bits per heavy atom. The molecule has 1 unspecified atom stereocenters. The predicted octanol–water partition coefficient (Wildman–Crippen LogP) is 1.87. The van der Waals surface area contributed by atoms with Gasteiger partial charge >= 0.3 is 11.9 Å². The van der Waals surface area contributed by atoms with Crippen molar-refractivity contribution in [2.24, 2.45) is 40.4 Å². The first-order chi connectivity index (χ1) is 36.4. The maximum atomic E-state index is 14.4. The largest absolute Gasteiger partial charge is 0.493 e. The van der Waals surface area contributed by atoms with Crippen LogP contribution in [0.1, 0.15) is 110 Å². The summed E-state index contributed by atoms with van der Waals surface area (Å²) >= 11 is 0. The third-order valence-electron chi connectivity index (χ3n) is 18.5. The molecule has 1 aromatic carbocycles. The van der Waals surface area contributed by atoms with E-state index in [0.717, 1.165) is 19.8 Å². The quantitative estimate of drug-likeness (QED) is 0.0768. The molecule has 1 aromatic rings. The van der Waals surface area contributed by atoms with E-state index in [0.29, 0.717) is 32.1 Å². The highest BCUT2D eigenvalue weighted by molar-refractivity contribution is 5.91. The van der Waals surface area contributed by atoms with Crippen LogP contribution in [0.4, 0.5) is 0 Å². The van der Waals surface area contributed by atoms with Gasteiger partial charge in [-0.2, -0.15) is 0 Å². The molecule has 22 atom stereocenters. The van der Waals surface area contributed by atoms with Crippen LogP contribution in [-0.4, -0.2) is 197 Å². The topological polar surface area (TPSA) is 315 Å². The average Bonchev–Trinajstić information content (AvgIpc) is 3.85. The van der Waals surface area contributed by atoms with Crippen molar-refractivity contribution in [3.8, 4) is 17.2 Å². The third kappa shape index (κ3) is 11.2. The highest BCUT2D eigenvalue weighted by Gasteiger charge is 2.71. The van der Waals surface area contributed by atoms with Crippen LogP contribution in [0, 0.1) is 40.4 Å². The summed E-state index contributed by atoms with van der Waals surface area (Å²) in [6, 6.07) is 2.66. The lowest BCUT2D eigenvalue weighted by atomic mass is 9.46. The molecule has 0 aromatic heterocycles. The van der Waals surface area contributed by atoms with Gasteiger partial charge in [0, 0.05) is 24.7 Å². The van der Waals surface area contributed by atoms with Crippen molar-refractivity contribution in [2.75, 3.05) is 41.2 Å². The van der Waals surface area contributed by atoms with Gasteiger partial charge in [-0.25, -0.2) is 4.79 Å². The van der Waals surface area contributed by atoms with Gasteiger partial charge in [0.15, 0.2) is 42.6 Å². The van der Waals surface area contributed by atoms with Crippen LogP contribution in [-0.2, 0) is 47.5 Å². The molecule has 8 rings (SSSR count). The normalized spacial score (nSPS) is 42.2. The molecule has 3 saturated carbocycles. The maximum absolute atomic E-state index is 14.4. The van der Waals surface area contributed by atoms with Gasteiger partial charge < -0.3 is 93.0 Å². The molecule has 22 nitrogen and oxygen atoms in total. The van der Waals surface area contributed by atoms with E-state index in [1.54, 1.807) is 6.92 Å². The molecule has 4 aliphatic carbocycles. The smallest absolute Gasteiger partial charge is 0.338 e. The Morgan fingerprint density at radius 2 is 1.42 bits per heavy atom. The predicted molar refractivity (Wildman–Crippen MR) is 267 cm³/mol. The number of esters is 2. The van der Waals surface area contributed by atoms with Gasteiger partial charge in [-0.3, -0.25) is 9.59 Å². The van der Waals surface area contributed by atoms with Crippen molar-refractivity contribution in [3.05, 3.63) is 29.3 Å². The first kappa shape index (κ1) is 59.5. The Morgan fingerprint density at radius 3 is 2.04 bits per heavy atom. The summed E-state index contributed by atoms with van der Waals surface area (Å²) in [7, 11) is 4.11. The van der Waals surface area contributed by atoms with E-state index in [2.05, 4.69) is 13.0 Å². The molecule has 6 fully saturated rings. The Labute approximate surface area is 449 Å². The molecule has 0 radical (unpaired) electrons. The van der Waals surface area contributed by atoms with Gasteiger partial charge in [-0.15, -0.1) is 0 Å². The van der Waals surface area contributed by atoms with Crippen LogP contribution in [0.25, 0.3) is 0 Å². The number of aliphatic hydroxyl groups excluding tert-OH is 7. The first-order valence-electron chi connectivity index (χ1n) is 27.1. The molecule has 0 spiro atoms. The second-order valence-corrected chi connectivity index (χ2v) is 23.2. The van der Waals surface area contributed by atoms with Crippen molar-refractivity contribution < 1.29 is 107 Å². The van der Waals surface area contributed by atoms with Gasteiger partial charge in [-0.05, 0) is 92.6 Å². The van der Waals surface area contributed by atoms with Crippen molar-refractivity contribution in [3.63, 3.8) is 0 Å². The SMILES string of the molecule is COc1cc(C(=O)O[C@H]2[C@H](O[C@@H]3[C@@H](OC(C)=O)[C@H](O[C@H]4C[C@H]5[C@@H]6CC=C7C[C@@H](O[C@@H]8O[C@H](CO)[C@@H](O)[C@H](O)C8O)CC[C@]7(C)[C@H]6CC[C@]5(C)[C@@]4(O)[C@@H](C)C(=O)CCC(C)C)OC[C@@H]3O)OC[C@@H](O)[C@@H]2O)cc(OC)c1OC. The highest BCUT2D eigenvalue weighted by atomic mass is 16.8. The fraction of sp³-hybridized carbons (Fsp3) is 0.800. The van der Waals surface area contributed by atoms with Gasteiger partial charge in [0.05, 0.1) is 58.9 Å². The van der Waals surface area contributed by atoms with Crippen molar-refractivity contribution >= 4 is 17.7 Å². The molecule has 0 bridgehead atoms. The number of benzene rings is 1. The van der Waals surface area contributed by atoms with Gasteiger partial charge in [0.2, 0.25) is 5.75 Å². The fourth-order valence-corrected chi connectivity index (χ4v) is 14.0. The monoisotopic (exact) mass is 1090 g/mol. The average molecular weight is 1100 g/mol. The molecule has 434 valence electrons. The number of Topliss-reactive ketones (excluding diaryl/α,β-unsaturated/α-hetero) is 1. The molecule has 7 aliphatic rings. The van der Waals surface area contributed by atoms with Crippen LogP contribution in [0.2, 0.25) is 0 Å². The molecular weight excluding hydrogens is 1010 g/mol. The molecular formula is C55H82O22. The molecule has 77 heavy (non-hydrogen) atoms. The number of carbonyl (C=O) groups excluding carboxylic acids is 3. The minimum Gasteiger partial charge on any atom is -0.493 e. The Balaban J connectivity index is 1.06. The number of hydrogen-bond donors (Lipinski definition) is 8. The van der Waals surface area contributed by atoms with Gasteiger partial charge in [0.25, 0.3) is 0 Å². The van der Waals surface area contributed by atoms with Crippen LogP contribution < -0.4 is 14.2 Å². The number of fused-ring (bicyclic) bond motifs is 5. The van der Waals surface area contributed by atoms with Crippen molar-refractivity contribution in [1.82, 2.24) is 0 Å². The fourth-order valence-electron chi connectivity index (χ4n) is 14.0. The summed E-state index contributed by atoms with van der Waals surface area (Å²) in [5.41, 5.74) is -1.84. The molecule has 3 saturated heterocycles. The number of ketones is 1. The number of rotatable bonds is 18. The lowest BCUT2D eigenvalue weighted by molar-refractivity contribution is -0.345. The van der Waals surface area contributed by atoms with E-state index in [9.17, 15) is 55.2 Å². The molecule has 3 aliphatic heterocycles. The minimum absolute atomic E-state index is 0.0305. The van der Waals surface area contributed by atoms with E-state index in [4.69, 9.17) is 52.1 Å². The summed E-state index contributed by atoms with van der Waals surface area (Å²) in [4.78, 5) is 41.2. The van der Waals surface area contributed by atoms with Crippen molar-refractivity contribution in [2.45, 2.75) is 197 Å². The second kappa shape index (κ2) is 23.9. The van der Waals surface area contributed by atoms with Crippen LogP contribution >= 0.6 is 0 Å². The zero-order chi connectivity index (χ0) is 56.1. The van der Waals surface area contributed by atoms with E-state index >= 15 is 0 Å². The zero-order valence-corrected chi connectivity index (χ0v) is 45.6. The number of ether oxygens (including phenoxy) is 11. The third-order valence-corrected chi connectivity index (χ3v) is 18.5. The molecule has 0 amide bonds. The van der Waals surface area contributed by atoms with Gasteiger partial charge in [0.1, 0.15) is 60.2 Å². The lowest BCUT2D eigenvalue weighted by Crippen LogP contribution is -2.64. The number of allylic oxidation sites excluding steroid dienone is 1. The van der Waals surface area contributed by atoms with E-state index in [-0.39, 0.29) is 76.6 Å². The van der Waals surface area contributed by atoms with Crippen LogP contribution in [0.5, 0.6) is 17.2 Å². The molecule has 22 heteroatoms. The summed E-state index contributed by atoms with van der Waals surface area (Å²) in [5, 5.41) is 88.6. The highest BCUT2D eigenvalue weighted by Crippen LogP contribution is 2.69. The van der Waals surface area contributed by atoms with Crippen LogP contribution in [0.15, 0.2) is 23.8 Å². The standard InChI is InChI=1S/C55H82O22/c1-25(2)10-13-34(58)26(3)55(66)40(21-33-31-12-11-29-20-30(14-16-53(29,5)32(31)15-17-54(33,55)6)73-50-44(64)43(63)42(62)39(22-56)74-50)75-52-48(72-27(4)57)45(36(60)24-71-52)77-51-47(41(61)35(59)23-70-51)76-49(65)28-18-37(67-7)46(69-9)38(19-28)68-8/h11,18-19,25-26,30-33,35-36,39-45,47-48,50-52,56,59-64,66H,10,12-17,20-24H2,1-9H3/t26-,30-,31+,32-,33-,35+,36-,39+,40-,41-,42+,43-,44?,45-,47+,48+,50+,51-,52-,53-,54-,55+/m0/s1.